The van der Waals surface area contributed by atoms with Crippen LogP contribution in [0.25, 0.3) is 0 Å². The van der Waals surface area contributed by atoms with Crippen molar-refractivity contribution in [1.82, 2.24) is 0 Å². The van der Waals surface area contributed by atoms with Crippen LogP contribution in [0, 0.1) is 0 Å². The third-order valence-electron chi connectivity index (χ3n) is 6.66. The summed E-state index contributed by atoms with van der Waals surface area (Å²) in [6.45, 7) is 14.5. The number of ether oxygens (including phenoxy) is 6. The van der Waals surface area contributed by atoms with Crippen molar-refractivity contribution in [3.8, 4) is 0 Å². The normalized spacial score (nSPS) is 18.0. The van der Waals surface area contributed by atoms with Crippen LogP contribution in [0.15, 0.2) is 25.3 Å². The monoisotopic (exact) mass is 584 g/mol. The van der Waals surface area contributed by atoms with Gasteiger partial charge >= 0.3 is 11.9 Å². The molecule has 8 heteroatoms. The van der Waals surface area contributed by atoms with Gasteiger partial charge < -0.3 is 28.4 Å². The molecule has 1 aliphatic rings. The predicted molar refractivity (Wildman–Crippen MR) is 164 cm³/mol. The van der Waals surface area contributed by atoms with Crippen LogP contribution < -0.4 is 0 Å². The zero-order valence-corrected chi connectivity index (χ0v) is 26.4. The van der Waals surface area contributed by atoms with Gasteiger partial charge in [-0.1, -0.05) is 110 Å². The lowest BCUT2D eigenvalue weighted by Crippen LogP contribution is -2.27. The minimum atomic E-state index is -0.732. The molecule has 0 amide bonds. The SMILES string of the molecule is C=CC(=O)OC(C)CCCCCCCCCCCCCCCCC.C=CC(=O)OC1COCC(OCC)OCCO1. The van der Waals surface area contributed by atoms with Crippen molar-refractivity contribution in [3.63, 3.8) is 0 Å². The van der Waals surface area contributed by atoms with E-state index in [1.807, 2.05) is 13.8 Å². The first-order valence-corrected chi connectivity index (χ1v) is 16.0. The maximum atomic E-state index is 11.0. The van der Waals surface area contributed by atoms with Gasteiger partial charge in [0.05, 0.1) is 25.9 Å². The number of rotatable bonds is 22. The molecule has 41 heavy (non-hydrogen) atoms. The molecule has 0 bridgehead atoms. The largest absolute Gasteiger partial charge is 0.460 e. The van der Waals surface area contributed by atoms with E-state index in [4.69, 9.17) is 28.4 Å². The number of hydrogen-bond donors (Lipinski definition) is 0. The molecule has 0 saturated carbocycles. The van der Waals surface area contributed by atoms with Crippen molar-refractivity contribution in [2.45, 2.75) is 142 Å². The molecular weight excluding hydrogens is 524 g/mol. The lowest BCUT2D eigenvalue weighted by Gasteiger charge is -2.16. The second kappa shape index (κ2) is 29.7. The average molecular weight is 585 g/mol. The van der Waals surface area contributed by atoms with Crippen LogP contribution in [-0.2, 0) is 38.0 Å². The van der Waals surface area contributed by atoms with Crippen molar-refractivity contribution in [2.24, 2.45) is 0 Å². The molecule has 1 rings (SSSR count). The minimum absolute atomic E-state index is 0.0254. The molecule has 1 aliphatic heterocycles. The topological polar surface area (TPSA) is 89.5 Å². The van der Waals surface area contributed by atoms with Crippen LogP contribution >= 0.6 is 0 Å². The molecule has 240 valence electrons. The van der Waals surface area contributed by atoms with E-state index in [-0.39, 0.29) is 25.3 Å². The van der Waals surface area contributed by atoms with Crippen LogP contribution in [0.5, 0.6) is 0 Å². The van der Waals surface area contributed by atoms with Crippen molar-refractivity contribution in [3.05, 3.63) is 25.3 Å². The Kier molecular flexibility index (Phi) is 28.5. The number of esters is 2. The molecular formula is C33H60O8. The van der Waals surface area contributed by atoms with Crippen molar-refractivity contribution < 1.29 is 38.0 Å². The van der Waals surface area contributed by atoms with Gasteiger partial charge in [0.25, 0.3) is 0 Å². The van der Waals surface area contributed by atoms with Crippen LogP contribution in [-0.4, -0.2) is 63.7 Å². The summed E-state index contributed by atoms with van der Waals surface area (Å²) >= 11 is 0. The van der Waals surface area contributed by atoms with E-state index in [2.05, 4.69) is 20.1 Å². The smallest absolute Gasteiger partial charge is 0.332 e. The van der Waals surface area contributed by atoms with E-state index in [0.717, 1.165) is 18.9 Å². The summed E-state index contributed by atoms with van der Waals surface area (Å²) in [6, 6.07) is 0. The van der Waals surface area contributed by atoms with Gasteiger partial charge in [-0.25, -0.2) is 9.59 Å². The maximum absolute atomic E-state index is 11.0. The highest BCUT2D eigenvalue weighted by Crippen LogP contribution is 2.14. The lowest BCUT2D eigenvalue weighted by atomic mass is 10.0. The van der Waals surface area contributed by atoms with Gasteiger partial charge in [0.2, 0.25) is 6.29 Å². The zero-order chi connectivity index (χ0) is 30.4. The fourth-order valence-corrected chi connectivity index (χ4v) is 4.35. The highest BCUT2D eigenvalue weighted by Gasteiger charge is 2.18. The van der Waals surface area contributed by atoms with Gasteiger partial charge in [-0.2, -0.15) is 0 Å². The molecule has 3 unspecified atom stereocenters. The Bertz CT molecular complexity index is 639. The van der Waals surface area contributed by atoms with Crippen LogP contribution in [0.3, 0.4) is 0 Å². The van der Waals surface area contributed by atoms with Crippen molar-refractivity contribution >= 4 is 11.9 Å². The Labute approximate surface area is 250 Å². The molecule has 0 aromatic heterocycles. The van der Waals surface area contributed by atoms with Gasteiger partial charge in [-0.3, -0.25) is 0 Å². The van der Waals surface area contributed by atoms with Gasteiger partial charge in [0, 0.05) is 18.8 Å². The van der Waals surface area contributed by atoms with Crippen LogP contribution in [0.1, 0.15) is 124 Å². The highest BCUT2D eigenvalue weighted by atomic mass is 16.7. The van der Waals surface area contributed by atoms with Crippen LogP contribution in [0.2, 0.25) is 0 Å². The standard InChI is InChI=1S/C22H42O2.C11H18O6/c1-4-6-7-8-9-10-11-12-13-14-15-16-17-18-19-20-21(3)24-22(23)5-2;1-3-9(12)17-11-8-13-7-10(14-4-2)15-5-6-16-11/h5,21H,2,4,6-20H2,1,3H3;3,10-11H,1,4-8H2,2H3. The molecule has 0 aromatic carbocycles. The van der Waals surface area contributed by atoms with E-state index in [9.17, 15) is 9.59 Å². The van der Waals surface area contributed by atoms with Gasteiger partial charge in [-0.05, 0) is 26.7 Å². The molecule has 0 aromatic rings. The summed E-state index contributed by atoms with van der Waals surface area (Å²) in [7, 11) is 0. The predicted octanol–water partition coefficient (Wildman–Crippen LogP) is 7.83. The Balaban J connectivity index is 0.000000825. The number of carbonyl (C=O) groups excluding carboxylic acids is 2. The average Bonchev–Trinajstić information content (AvgIpc) is 3.07. The molecule has 0 N–H and O–H groups in total. The summed E-state index contributed by atoms with van der Waals surface area (Å²) in [5, 5.41) is 0. The van der Waals surface area contributed by atoms with E-state index in [0.29, 0.717) is 19.8 Å². The summed E-state index contributed by atoms with van der Waals surface area (Å²) in [4.78, 5) is 22.0. The second-order valence-corrected chi connectivity index (χ2v) is 10.4. The quantitative estimate of drug-likeness (QED) is 0.0722. The first kappa shape index (κ1) is 39.3. The van der Waals surface area contributed by atoms with E-state index >= 15 is 0 Å². The Hall–Kier alpha value is -1.74. The Morgan fingerprint density at radius 1 is 0.732 bits per heavy atom. The van der Waals surface area contributed by atoms with Gasteiger partial charge in [0.15, 0.2) is 6.29 Å². The molecule has 0 radical (unpaired) electrons. The van der Waals surface area contributed by atoms with Crippen LogP contribution in [0.4, 0.5) is 0 Å². The first-order valence-electron chi connectivity index (χ1n) is 16.0. The van der Waals surface area contributed by atoms with E-state index in [1.165, 1.54) is 96.0 Å². The summed E-state index contributed by atoms with van der Waals surface area (Å²) in [5.74, 6) is -0.844. The fourth-order valence-electron chi connectivity index (χ4n) is 4.35. The summed E-state index contributed by atoms with van der Waals surface area (Å²) in [5.41, 5.74) is 0. The van der Waals surface area contributed by atoms with Crippen molar-refractivity contribution in [2.75, 3.05) is 33.0 Å². The zero-order valence-electron chi connectivity index (χ0n) is 26.4. The molecule has 1 fully saturated rings. The molecule has 0 spiro atoms. The van der Waals surface area contributed by atoms with E-state index in [1.54, 1.807) is 0 Å². The van der Waals surface area contributed by atoms with Gasteiger partial charge in [-0.15, -0.1) is 0 Å². The fraction of sp³-hybridized carbons (Fsp3) is 0.818. The minimum Gasteiger partial charge on any atom is -0.460 e. The number of carbonyl (C=O) groups is 2. The maximum Gasteiger partial charge on any atom is 0.332 e. The number of hydrogen-bond acceptors (Lipinski definition) is 8. The Morgan fingerprint density at radius 3 is 1.68 bits per heavy atom. The molecule has 0 aliphatic carbocycles. The summed E-state index contributed by atoms with van der Waals surface area (Å²) in [6.07, 6.45) is 22.9. The summed E-state index contributed by atoms with van der Waals surface area (Å²) < 4.78 is 31.3. The third kappa shape index (κ3) is 26.9. The lowest BCUT2D eigenvalue weighted by molar-refractivity contribution is -0.185. The molecule has 8 nitrogen and oxygen atoms in total. The molecule has 1 saturated heterocycles. The molecule has 3 atom stereocenters. The first-order chi connectivity index (χ1) is 20.0. The third-order valence-corrected chi connectivity index (χ3v) is 6.66. The van der Waals surface area contributed by atoms with E-state index < -0.39 is 18.5 Å². The second-order valence-electron chi connectivity index (χ2n) is 10.4. The Morgan fingerprint density at radius 2 is 1.20 bits per heavy atom. The molecule has 1 heterocycles. The van der Waals surface area contributed by atoms with Gasteiger partial charge in [0.1, 0.15) is 6.61 Å². The number of unbranched alkanes of at least 4 members (excludes halogenated alkanes) is 14. The highest BCUT2D eigenvalue weighted by molar-refractivity contribution is 5.81. The van der Waals surface area contributed by atoms with Crippen molar-refractivity contribution in [1.29, 1.82) is 0 Å².